The van der Waals surface area contributed by atoms with Gasteiger partial charge in [-0.2, -0.15) is 0 Å². The van der Waals surface area contributed by atoms with Gasteiger partial charge in [-0.3, -0.25) is 4.79 Å². The first-order valence-electron chi connectivity index (χ1n) is 6.77. The number of likely N-dealkylation sites (tertiary alicyclic amines) is 1. The zero-order valence-electron chi connectivity index (χ0n) is 11.1. The fourth-order valence-electron chi connectivity index (χ4n) is 2.79. The van der Waals surface area contributed by atoms with Crippen molar-refractivity contribution in [2.24, 2.45) is 11.1 Å². The van der Waals surface area contributed by atoms with Crippen LogP contribution in [0.2, 0.25) is 0 Å². The molecule has 0 saturated carbocycles. The summed E-state index contributed by atoms with van der Waals surface area (Å²) in [4.78, 5) is 14.6. The van der Waals surface area contributed by atoms with E-state index in [9.17, 15) is 4.79 Å². The molecule has 4 heteroatoms. The van der Waals surface area contributed by atoms with E-state index in [2.05, 4.69) is 0 Å². The third-order valence-electron chi connectivity index (χ3n) is 4.30. The quantitative estimate of drug-likeness (QED) is 0.733. The van der Waals surface area contributed by atoms with E-state index >= 15 is 0 Å². The Balaban J connectivity index is 2.79. The highest BCUT2D eigenvalue weighted by atomic mass is 16.3. The van der Waals surface area contributed by atoms with Crippen molar-refractivity contribution in [3.63, 3.8) is 0 Å². The minimum Gasteiger partial charge on any atom is -0.396 e. The Morgan fingerprint density at radius 2 is 2.12 bits per heavy atom. The highest BCUT2D eigenvalue weighted by Crippen LogP contribution is 2.32. The molecule has 1 atom stereocenters. The van der Waals surface area contributed by atoms with E-state index in [1.165, 1.54) is 0 Å². The second-order valence-corrected chi connectivity index (χ2v) is 5.00. The summed E-state index contributed by atoms with van der Waals surface area (Å²) in [6.45, 7) is 5.46. The minimum absolute atomic E-state index is 0.155. The lowest BCUT2D eigenvalue weighted by Gasteiger charge is -2.36. The van der Waals surface area contributed by atoms with Gasteiger partial charge in [0.15, 0.2) is 0 Å². The van der Waals surface area contributed by atoms with Crippen LogP contribution in [-0.4, -0.2) is 41.7 Å². The van der Waals surface area contributed by atoms with Gasteiger partial charge in [0, 0.05) is 25.7 Å². The van der Waals surface area contributed by atoms with Crippen LogP contribution in [0.1, 0.15) is 46.0 Å². The Hall–Kier alpha value is -0.610. The number of rotatable bonds is 6. The molecule has 1 unspecified atom stereocenters. The van der Waals surface area contributed by atoms with Gasteiger partial charge in [0.05, 0.1) is 5.41 Å². The number of carbonyl (C=O) groups excluding carboxylic acids is 1. The molecule has 1 heterocycles. The molecule has 1 amide bonds. The summed E-state index contributed by atoms with van der Waals surface area (Å²) >= 11 is 0. The molecule has 1 saturated heterocycles. The lowest BCUT2D eigenvalue weighted by Crippen LogP contribution is -2.49. The third-order valence-corrected chi connectivity index (χ3v) is 4.30. The molecule has 0 aromatic carbocycles. The van der Waals surface area contributed by atoms with Crippen LogP contribution in [0.25, 0.3) is 0 Å². The molecule has 1 fully saturated rings. The topological polar surface area (TPSA) is 66.6 Å². The summed E-state index contributed by atoms with van der Waals surface area (Å²) in [7, 11) is 0. The van der Waals surface area contributed by atoms with Gasteiger partial charge in [-0.05, 0) is 32.1 Å². The first-order chi connectivity index (χ1) is 8.15. The van der Waals surface area contributed by atoms with Gasteiger partial charge in [0.1, 0.15) is 0 Å². The number of carbonyl (C=O) groups is 1. The molecule has 0 aliphatic carbocycles. The summed E-state index contributed by atoms with van der Waals surface area (Å²) in [6.07, 6.45) is 4.34. The van der Waals surface area contributed by atoms with Crippen LogP contribution >= 0.6 is 0 Å². The van der Waals surface area contributed by atoms with Crippen LogP contribution in [0.15, 0.2) is 0 Å². The second-order valence-electron chi connectivity index (χ2n) is 5.00. The van der Waals surface area contributed by atoms with E-state index in [1.54, 1.807) is 0 Å². The summed E-state index contributed by atoms with van der Waals surface area (Å²) in [5, 5.41) is 9.04. The Bertz CT molecular complexity index is 244. The average Bonchev–Trinajstić information content (AvgIpc) is 2.80. The molecule has 0 bridgehead atoms. The Morgan fingerprint density at radius 1 is 1.47 bits per heavy atom. The zero-order valence-corrected chi connectivity index (χ0v) is 11.1. The van der Waals surface area contributed by atoms with Crippen LogP contribution in [-0.2, 0) is 4.79 Å². The molecular formula is C13H26N2O2. The fraction of sp³-hybridized carbons (Fsp3) is 0.923. The molecule has 0 spiro atoms. The summed E-state index contributed by atoms with van der Waals surface area (Å²) < 4.78 is 0. The van der Waals surface area contributed by atoms with Crippen molar-refractivity contribution >= 4 is 5.91 Å². The number of amides is 1. The largest absolute Gasteiger partial charge is 0.396 e. The first-order valence-corrected chi connectivity index (χ1v) is 6.77. The van der Waals surface area contributed by atoms with Gasteiger partial charge >= 0.3 is 0 Å². The van der Waals surface area contributed by atoms with Crippen LogP contribution in [0, 0.1) is 5.41 Å². The molecule has 1 aliphatic heterocycles. The van der Waals surface area contributed by atoms with Crippen molar-refractivity contribution in [2.75, 3.05) is 19.7 Å². The number of hydrogen-bond donors (Lipinski definition) is 2. The highest BCUT2D eigenvalue weighted by molar-refractivity contribution is 5.83. The maximum Gasteiger partial charge on any atom is 0.230 e. The molecule has 0 radical (unpaired) electrons. The maximum absolute atomic E-state index is 12.6. The summed E-state index contributed by atoms with van der Waals surface area (Å²) in [6, 6.07) is 0.219. The maximum atomic E-state index is 12.6. The van der Waals surface area contributed by atoms with Gasteiger partial charge in [-0.25, -0.2) is 0 Å². The van der Waals surface area contributed by atoms with Crippen molar-refractivity contribution in [1.29, 1.82) is 0 Å². The number of hydrogen-bond acceptors (Lipinski definition) is 3. The van der Waals surface area contributed by atoms with Gasteiger partial charge in [-0.15, -0.1) is 0 Å². The van der Waals surface area contributed by atoms with E-state index < -0.39 is 5.41 Å². The molecule has 0 aromatic heterocycles. The molecule has 0 aromatic rings. The van der Waals surface area contributed by atoms with E-state index in [0.29, 0.717) is 13.0 Å². The summed E-state index contributed by atoms with van der Waals surface area (Å²) in [5.74, 6) is 0.195. The number of nitrogens with zero attached hydrogens (tertiary/aromatic N) is 1. The SMILES string of the molecule is CCC(CC)(CN)C(=O)N1CCCC1CCO. The zero-order chi connectivity index (χ0) is 12.9. The van der Waals surface area contributed by atoms with Crippen LogP contribution in [0.3, 0.4) is 0 Å². The second kappa shape index (κ2) is 6.36. The monoisotopic (exact) mass is 242 g/mol. The minimum atomic E-state index is -0.391. The standard InChI is InChI=1S/C13H26N2O2/c1-3-13(4-2,10-14)12(17)15-8-5-6-11(15)7-9-16/h11,16H,3-10,14H2,1-2H3. The lowest BCUT2D eigenvalue weighted by atomic mass is 9.80. The molecule has 3 N–H and O–H groups in total. The van der Waals surface area contributed by atoms with Crippen molar-refractivity contribution in [3.05, 3.63) is 0 Å². The lowest BCUT2D eigenvalue weighted by molar-refractivity contribution is -0.143. The predicted octanol–water partition coefficient (Wildman–Crippen LogP) is 1.12. The molecule has 17 heavy (non-hydrogen) atoms. The van der Waals surface area contributed by atoms with E-state index in [1.807, 2.05) is 18.7 Å². The molecule has 1 aliphatic rings. The smallest absolute Gasteiger partial charge is 0.230 e. The summed E-state index contributed by atoms with van der Waals surface area (Å²) in [5.41, 5.74) is 5.43. The number of aliphatic hydroxyl groups excluding tert-OH is 1. The molecule has 4 nitrogen and oxygen atoms in total. The van der Waals surface area contributed by atoms with Crippen molar-refractivity contribution < 1.29 is 9.90 Å². The Kier molecular flexibility index (Phi) is 5.40. The van der Waals surface area contributed by atoms with Crippen LogP contribution in [0.5, 0.6) is 0 Å². The Morgan fingerprint density at radius 3 is 2.59 bits per heavy atom. The number of nitrogens with two attached hydrogens (primary N) is 1. The van der Waals surface area contributed by atoms with E-state index in [0.717, 1.165) is 32.2 Å². The van der Waals surface area contributed by atoms with Crippen LogP contribution < -0.4 is 5.73 Å². The van der Waals surface area contributed by atoms with Gasteiger partial charge in [0.2, 0.25) is 5.91 Å². The van der Waals surface area contributed by atoms with Crippen molar-refractivity contribution in [2.45, 2.75) is 52.0 Å². The Labute approximate surface area is 104 Å². The first kappa shape index (κ1) is 14.5. The van der Waals surface area contributed by atoms with Gasteiger partial charge in [-0.1, -0.05) is 13.8 Å². The van der Waals surface area contributed by atoms with E-state index in [4.69, 9.17) is 10.8 Å². The van der Waals surface area contributed by atoms with Crippen LogP contribution in [0.4, 0.5) is 0 Å². The highest BCUT2D eigenvalue weighted by Gasteiger charge is 2.40. The van der Waals surface area contributed by atoms with Crippen molar-refractivity contribution in [3.8, 4) is 0 Å². The third kappa shape index (κ3) is 2.80. The van der Waals surface area contributed by atoms with Gasteiger partial charge < -0.3 is 15.7 Å². The number of aliphatic hydroxyl groups is 1. The molecular weight excluding hydrogens is 216 g/mol. The van der Waals surface area contributed by atoms with Crippen molar-refractivity contribution in [1.82, 2.24) is 4.90 Å². The fourth-order valence-corrected chi connectivity index (χ4v) is 2.79. The normalized spacial score (nSPS) is 20.9. The predicted molar refractivity (Wildman–Crippen MR) is 68.5 cm³/mol. The van der Waals surface area contributed by atoms with E-state index in [-0.39, 0.29) is 18.6 Å². The molecule has 100 valence electrons. The van der Waals surface area contributed by atoms with Gasteiger partial charge in [0.25, 0.3) is 0 Å². The molecule has 1 rings (SSSR count). The average molecular weight is 242 g/mol.